The maximum absolute atomic E-state index is 12.3. The number of aromatic nitrogens is 3. The number of nitrogens with one attached hydrogen (secondary N) is 1. The van der Waals surface area contributed by atoms with Gasteiger partial charge >= 0.3 is 13.1 Å². The van der Waals surface area contributed by atoms with Crippen molar-refractivity contribution in [1.29, 1.82) is 0 Å². The number of carbonyl (C=O) groups is 2. The van der Waals surface area contributed by atoms with E-state index in [0.29, 0.717) is 18.5 Å². The van der Waals surface area contributed by atoms with Crippen LogP contribution >= 0.6 is 0 Å². The number of Topliss-reactive ketones (excluding diaryl/α,β-unsaturated/α-hetero) is 1. The van der Waals surface area contributed by atoms with Gasteiger partial charge in [0.15, 0.2) is 5.78 Å². The molecule has 0 amide bonds. The zero-order valence-corrected chi connectivity index (χ0v) is 14.3. The van der Waals surface area contributed by atoms with Gasteiger partial charge < -0.3 is 20.1 Å². The SMILES string of the molecule is CNCc1cn(CC(=O)C[C@H]2Cc3cccc(C(=O)O)c3OB2O)nn1. The van der Waals surface area contributed by atoms with E-state index in [2.05, 4.69) is 15.6 Å². The summed E-state index contributed by atoms with van der Waals surface area (Å²) in [5, 5.41) is 30.2. The Hall–Kier alpha value is -2.72. The number of hydrogen-bond acceptors (Lipinski definition) is 7. The fourth-order valence-electron chi connectivity index (χ4n) is 3.04. The van der Waals surface area contributed by atoms with Crippen LogP contribution in [0.5, 0.6) is 5.75 Å². The Balaban J connectivity index is 1.66. The normalized spacial score (nSPS) is 16.1. The molecular weight excluding hydrogens is 339 g/mol. The number of hydrogen-bond donors (Lipinski definition) is 3. The van der Waals surface area contributed by atoms with Crippen molar-refractivity contribution in [2.75, 3.05) is 7.05 Å². The van der Waals surface area contributed by atoms with Crippen molar-refractivity contribution in [3.05, 3.63) is 41.2 Å². The molecule has 1 aliphatic heterocycles. The number of aromatic carboxylic acids is 1. The smallest absolute Gasteiger partial charge is 0.526 e. The first-order valence-electron chi connectivity index (χ1n) is 8.23. The Morgan fingerprint density at radius 3 is 3.00 bits per heavy atom. The molecule has 2 aromatic rings. The zero-order chi connectivity index (χ0) is 18.7. The largest absolute Gasteiger partial charge is 0.535 e. The Labute approximate surface area is 150 Å². The van der Waals surface area contributed by atoms with E-state index in [1.807, 2.05) is 0 Å². The van der Waals surface area contributed by atoms with Gasteiger partial charge in [0.05, 0.1) is 17.5 Å². The molecule has 1 aliphatic rings. The maximum atomic E-state index is 12.3. The molecule has 10 heteroatoms. The standard InChI is InChI=1S/C16H19BN4O5/c1-18-7-12-8-21(20-19-12)9-13(22)6-11-5-10-3-2-4-14(16(23)24)15(10)26-17(11)25/h2-4,8,11,18,25H,5-7,9H2,1H3,(H,23,24)/t11-/m1/s1. The molecule has 2 heterocycles. The van der Waals surface area contributed by atoms with Crippen LogP contribution in [-0.4, -0.2) is 51.0 Å². The van der Waals surface area contributed by atoms with Gasteiger partial charge in [-0.25, -0.2) is 9.48 Å². The molecule has 0 unspecified atom stereocenters. The van der Waals surface area contributed by atoms with E-state index < -0.39 is 18.9 Å². The molecule has 0 fully saturated rings. The number of nitrogens with zero attached hydrogens (tertiary/aromatic N) is 3. The van der Waals surface area contributed by atoms with Crippen LogP contribution in [0.4, 0.5) is 0 Å². The fourth-order valence-corrected chi connectivity index (χ4v) is 3.04. The number of rotatable bonds is 7. The van der Waals surface area contributed by atoms with Gasteiger partial charge in [0, 0.05) is 18.8 Å². The molecular formula is C16H19BN4O5. The molecule has 0 saturated heterocycles. The van der Waals surface area contributed by atoms with Crippen molar-refractivity contribution >= 4 is 18.9 Å². The minimum atomic E-state index is -1.23. The molecule has 0 saturated carbocycles. The predicted octanol–water partition coefficient (Wildman–Crippen LogP) is 0.141. The highest BCUT2D eigenvalue weighted by Gasteiger charge is 2.37. The van der Waals surface area contributed by atoms with Gasteiger partial charge in [-0.1, -0.05) is 17.3 Å². The van der Waals surface area contributed by atoms with Crippen molar-refractivity contribution in [2.24, 2.45) is 0 Å². The molecule has 0 spiro atoms. The maximum Gasteiger partial charge on any atom is 0.526 e. The number of benzene rings is 1. The Bertz CT molecular complexity index is 825. The molecule has 0 radical (unpaired) electrons. The van der Waals surface area contributed by atoms with Crippen molar-refractivity contribution in [2.45, 2.75) is 31.7 Å². The Morgan fingerprint density at radius 2 is 2.27 bits per heavy atom. The molecule has 3 rings (SSSR count). The van der Waals surface area contributed by atoms with E-state index >= 15 is 0 Å². The van der Waals surface area contributed by atoms with E-state index in [4.69, 9.17) is 4.65 Å². The van der Waals surface area contributed by atoms with E-state index in [1.165, 1.54) is 10.7 Å². The molecule has 1 aromatic heterocycles. The third-order valence-electron chi connectivity index (χ3n) is 4.22. The monoisotopic (exact) mass is 358 g/mol. The Kier molecular flexibility index (Phi) is 5.33. The first-order valence-corrected chi connectivity index (χ1v) is 8.23. The minimum Gasteiger partial charge on any atom is -0.535 e. The first kappa shape index (κ1) is 18.1. The summed E-state index contributed by atoms with van der Waals surface area (Å²) in [6.45, 7) is 0.619. The lowest BCUT2D eigenvalue weighted by Gasteiger charge is -2.27. The molecule has 136 valence electrons. The summed E-state index contributed by atoms with van der Waals surface area (Å²) in [6, 6.07) is 4.79. The second kappa shape index (κ2) is 7.67. The number of carboxylic acids is 1. The predicted molar refractivity (Wildman–Crippen MR) is 91.9 cm³/mol. The summed E-state index contributed by atoms with van der Waals surface area (Å²) < 4.78 is 6.86. The van der Waals surface area contributed by atoms with Gasteiger partial charge in [-0.15, -0.1) is 5.10 Å². The van der Waals surface area contributed by atoms with E-state index in [-0.39, 0.29) is 30.1 Å². The average molecular weight is 358 g/mol. The van der Waals surface area contributed by atoms with Crippen molar-refractivity contribution in [3.8, 4) is 5.75 Å². The summed E-state index contributed by atoms with van der Waals surface area (Å²) in [5.74, 6) is -1.51. The third-order valence-corrected chi connectivity index (χ3v) is 4.22. The van der Waals surface area contributed by atoms with Gasteiger partial charge in [0.25, 0.3) is 0 Å². The summed E-state index contributed by atoms with van der Waals surface area (Å²) in [5.41, 5.74) is 1.41. The minimum absolute atomic E-state index is 0.00556. The number of carbonyl (C=O) groups excluding carboxylic acids is 1. The molecule has 0 aliphatic carbocycles. The van der Waals surface area contributed by atoms with Gasteiger partial charge in [-0.3, -0.25) is 4.79 Å². The first-order chi connectivity index (χ1) is 12.5. The fraction of sp³-hybridized carbons (Fsp3) is 0.375. The second-order valence-electron chi connectivity index (χ2n) is 6.25. The molecule has 0 bridgehead atoms. The van der Waals surface area contributed by atoms with E-state index in [0.717, 1.165) is 5.69 Å². The number of ketones is 1. The van der Waals surface area contributed by atoms with Gasteiger partial charge in [-0.05, 0) is 25.1 Å². The number of fused-ring (bicyclic) bond motifs is 1. The molecule has 9 nitrogen and oxygen atoms in total. The lowest BCUT2D eigenvalue weighted by molar-refractivity contribution is -0.120. The summed E-state index contributed by atoms with van der Waals surface area (Å²) >= 11 is 0. The molecule has 1 aromatic carbocycles. The zero-order valence-electron chi connectivity index (χ0n) is 14.3. The third kappa shape index (κ3) is 3.92. The van der Waals surface area contributed by atoms with Gasteiger partial charge in [0.1, 0.15) is 12.3 Å². The van der Waals surface area contributed by atoms with Crippen molar-refractivity contribution in [3.63, 3.8) is 0 Å². The highest BCUT2D eigenvalue weighted by molar-refractivity contribution is 6.47. The summed E-state index contributed by atoms with van der Waals surface area (Å²) in [4.78, 5) is 23.6. The summed E-state index contributed by atoms with van der Waals surface area (Å²) in [7, 11) is 0.560. The molecule has 26 heavy (non-hydrogen) atoms. The van der Waals surface area contributed by atoms with Crippen LogP contribution in [0.25, 0.3) is 0 Å². The van der Waals surface area contributed by atoms with Crippen LogP contribution in [0.15, 0.2) is 24.4 Å². The number of carboxylic acid groups (broad SMARTS) is 1. The molecule has 3 N–H and O–H groups in total. The summed E-state index contributed by atoms with van der Waals surface area (Å²) in [6.07, 6.45) is 2.15. The quantitative estimate of drug-likeness (QED) is 0.597. The van der Waals surface area contributed by atoms with Crippen LogP contribution in [0.3, 0.4) is 0 Å². The van der Waals surface area contributed by atoms with Crippen LogP contribution in [0.1, 0.15) is 28.0 Å². The average Bonchev–Trinajstić information content (AvgIpc) is 3.02. The van der Waals surface area contributed by atoms with Crippen molar-refractivity contribution < 1.29 is 24.4 Å². The Morgan fingerprint density at radius 1 is 1.46 bits per heavy atom. The van der Waals surface area contributed by atoms with Crippen LogP contribution in [0, 0.1) is 0 Å². The van der Waals surface area contributed by atoms with E-state index in [1.54, 1.807) is 25.4 Å². The van der Waals surface area contributed by atoms with Crippen LogP contribution in [-0.2, 0) is 24.3 Å². The topological polar surface area (TPSA) is 127 Å². The highest BCUT2D eigenvalue weighted by atomic mass is 16.5. The lowest BCUT2D eigenvalue weighted by atomic mass is 9.64. The van der Waals surface area contributed by atoms with Crippen molar-refractivity contribution in [1.82, 2.24) is 20.3 Å². The van der Waals surface area contributed by atoms with E-state index in [9.17, 15) is 19.7 Å². The second-order valence-corrected chi connectivity index (χ2v) is 6.25. The molecule has 1 atom stereocenters. The van der Waals surface area contributed by atoms with Gasteiger partial charge in [-0.2, -0.15) is 0 Å². The highest BCUT2D eigenvalue weighted by Crippen LogP contribution is 2.36. The van der Waals surface area contributed by atoms with Crippen LogP contribution in [0.2, 0.25) is 5.82 Å². The van der Waals surface area contributed by atoms with Crippen LogP contribution < -0.4 is 9.97 Å². The lowest BCUT2D eigenvalue weighted by Crippen LogP contribution is -2.36. The van der Waals surface area contributed by atoms with Gasteiger partial charge in [0.2, 0.25) is 0 Å². The number of para-hydroxylation sites is 1.